The Balaban J connectivity index is 1.19. The third kappa shape index (κ3) is 4.56. The summed E-state index contributed by atoms with van der Waals surface area (Å²) in [6.07, 6.45) is 11.2. The summed E-state index contributed by atoms with van der Waals surface area (Å²) in [5.74, 6) is 0.741. The number of rotatable bonds is 5. The van der Waals surface area contributed by atoms with Crippen molar-refractivity contribution in [1.29, 1.82) is 0 Å². The number of ether oxygens (including phenoxy) is 1. The molecule has 2 aromatic carbocycles. The molecule has 2 bridgehead atoms. The molecule has 0 unspecified atom stereocenters. The highest BCUT2D eigenvalue weighted by Gasteiger charge is 2.55. The zero-order valence-electron chi connectivity index (χ0n) is 22.5. The average Bonchev–Trinajstić information content (AvgIpc) is 2.95. The Morgan fingerprint density at radius 1 is 0.947 bits per heavy atom. The van der Waals surface area contributed by atoms with Gasteiger partial charge in [0.15, 0.2) is 5.75 Å². The van der Waals surface area contributed by atoms with Crippen LogP contribution in [0.25, 0.3) is 0 Å². The zero-order valence-corrected chi connectivity index (χ0v) is 22.5. The van der Waals surface area contributed by atoms with E-state index in [1.165, 1.54) is 30.4 Å². The van der Waals surface area contributed by atoms with Gasteiger partial charge in [0.25, 0.3) is 0 Å². The number of carbonyl (C=O) groups excluding carboxylic acids is 2. The van der Waals surface area contributed by atoms with Gasteiger partial charge in [0.05, 0.1) is 5.41 Å². The molecule has 3 atom stereocenters. The standard InChI is InChI=1S/C32H39NO5/c1-31(15-7-3-8-16-31)29(34)38-37-25-14-13-24-20-28-26-12-6-9-17-32(26,27(24)21-25)18-19-33(28)30(35)36-22-23-10-4-2-5-11-23/h2,4-5,10-11,13-14,21,26,28H,3,6-9,12,15-20,22H2,1H3/t26-,28+,32+/m0/s1. The van der Waals surface area contributed by atoms with E-state index in [1.54, 1.807) is 0 Å². The van der Waals surface area contributed by atoms with Gasteiger partial charge in [-0.15, -0.1) is 0 Å². The summed E-state index contributed by atoms with van der Waals surface area (Å²) in [4.78, 5) is 39.1. The van der Waals surface area contributed by atoms with Crippen LogP contribution in [0.4, 0.5) is 4.79 Å². The van der Waals surface area contributed by atoms with Crippen LogP contribution in [-0.2, 0) is 32.9 Å². The van der Waals surface area contributed by atoms with Crippen LogP contribution in [0.15, 0.2) is 48.5 Å². The highest BCUT2D eigenvalue weighted by Crippen LogP contribution is 2.56. The normalized spacial score (nSPS) is 27.4. The second kappa shape index (κ2) is 10.3. The van der Waals surface area contributed by atoms with Crippen LogP contribution in [0, 0.1) is 11.3 Å². The van der Waals surface area contributed by atoms with Gasteiger partial charge >= 0.3 is 12.1 Å². The largest absolute Gasteiger partial charge is 0.445 e. The number of hydrogen-bond acceptors (Lipinski definition) is 5. The lowest BCUT2D eigenvalue weighted by atomic mass is 9.52. The molecule has 6 heteroatoms. The average molecular weight is 518 g/mol. The first-order valence-electron chi connectivity index (χ1n) is 14.5. The molecule has 1 heterocycles. The van der Waals surface area contributed by atoms with Gasteiger partial charge in [-0.1, -0.05) is 68.5 Å². The third-order valence-electron chi connectivity index (χ3n) is 9.91. The number of amides is 1. The van der Waals surface area contributed by atoms with Crippen LogP contribution in [0.3, 0.4) is 0 Å². The Labute approximate surface area is 225 Å². The highest BCUT2D eigenvalue weighted by atomic mass is 17.2. The van der Waals surface area contributed by atoms with Crippen LogP contribution >= 0.6 is 0 Å². The van der Waals surface area contributed by atoms with Crippen molar-refractivity contribution < 1.29 is 24.1 Å². The number of benzene rings is 2. The van der Waals surface area contributed by atoms with Crippen LogP contribution in [0.1, 0.15) is 87.8 Å². The van der Waals surface area contributed by atoms with Crippen molar-refractivity contribution in [2.45, 2.75) is 95.6 Å². The molecule has 0 N–H and O–H groups in total. The van der Waals surface area contributed by atoms with Crippen molar-refractivity contribution >= 4 is 12.1 Å². The van der Waals surface area contributed by atoms with Crippen LogP contribution in [0.2, 0.25) is 0 Å². The number of fused-ring (bicyclic) bond motifs is 1. The lowest BCUT2D eigenvalue weighted by molar-refractivity contribution is -0.226. The second-order valence-electron chi connectivity index (χ2n) is 12.2. The van der Waals surface area contributed by atoms with Crippen molar-refractivity contribution in [3.05, 3.63) is 65.2 Å². The summed E-state index contributed by atoms with van der Waals surface area (Å²) >= 11 is 0. The summed E-state index contributed by atoms with van der Waals surface area (Å²) in [6.45, 7) is 3.00. The monoisotopic (exact) mass is 517 g/mol. The summed E-state index contributed by atoms with van der Waals surface area (Å²) in [5, 5.41) is 0. The molecular weight excluding hydrogens is 478 g/mol. The molecule has 0 radical (unpaired) electrons. The molecule has 1 saturated heterocycles. The minimum atomic E-state index is -0.450. The van der Waals surface area contributed by atoms with Crippen molar-refractivity contribution in [2.75, 3.05) is 6.54 Å². The van der Waals surface area contributed by atoms with E-state index < -0.39 is 5.41 Å². The topological polar surface area (TPSA) is 65.1 Å². The fraction of sp³-hybridized carbons (Fsp3) is 0.562. The van der Waals surface area contributed by atoms with E-state index in [-0.39, 0.29) is 23.5 Å². The Hall–Kier alpha value is -3.02. The molecule has 202 valence electrons. The third-order valence-corrected chi connectivity index (χ3v) is 9.91. The molecule has 6 nitrogen and oxygen atoms in total. The first kappa shape index (κ1) is 25.3. The minimum Gasteiger partial charge on any atom is -0.445 e. The van der Waals surface area contributed by atoms with E-state index in [2.05, 4.69) is 12.1 Å². The molecule has 6 rings (SSSR count). The van der Waals surface area contributed by atoms with E-state index in [1.807, 2.05) is 48.2 Å². The SMILES string of the molecule is CC1(C(=O)OOc2ccc3c(c2)[C@@]24CCCC[C@H]2[C@@H](C3)N(C(=O)OCc2ccccc2)CC4)CCCCC1. The van der Waals surface area contributed by atoms with Gasteiger partial charge in [-0.2, -0.15) is 0 Å². The van der Waals surface area contributed by atoms with Gasteiger partial charge in [-0.25, -0.2) is 14.5 Å². The van der Waals surface area contributed by atoms with Gasteiger partial charge < -0.3 is 9.64 Å². The summed E-state index contributed by atoms with van der Waals surface area (Å²) < 4.78 is 5.77. The van der Waals surface area contributed by atoms with E-state index in [9.17, 15) is 9.59 Å². The Morgan fingerprint density at radius 2 is 1.74 bits per heavy atom. The second-order valence-corrected chi connectivity index (χ2v) is 12.2. The number of hydrogen-bond donors (Lipinski definition) is 0. The molecule has 4 aliphatic rings. The Morgan fingerprint density at radius 3 is 2.55 bits per heavy atom. The maximum absolute atomic E-state index is 13.3. The summed E-state index contributed by atoms with van der Waals surface area (Å²) in [5.41, 5.74) is 3.18. The molecule has 1 aliphatic heterocycles. The molecule has 38 heavy (non-hydrogen) atoms. The molecule has 2 aromatic rings. The van der Waals surface area contributed by atoms with Gasteiger partial charge in [-0.05, 0) is 80.2 Å². The zero-order chi connectivity index (χ0) is 26.2. The first-order valence-corrected chi connectivity index (χ1v) is 14.5. The maximum Gasteiger partial charge on any atom is 0.410 e. The van der Waals surface area contributed by atoms with Crippen molar-refractivity contribution in [2.24, 2.45) is 11.3 Å². The smallest absolute Gasteiger partial charge is 0.410 e. The van der Waals surface area contributed by atoms with Crippen LogP contribution in [-0.4, -0.2) is 29.5 Å². The van der Waals surface area contributed by atoms with Crippen molar-refractivity contribution in [3.63, 3.8) is 0 Å². The predicted molar refractivity (Wildman–Crippen MR) is 143 cm³/mol. The quantitative estimate of drug-likeness (QED) is 0.319. The van der Waals surface area contributed by atoms with Gasteiger partial charge in [-0.3, -0.25) is 4.89 Å². The number of carbonyl (C=O) groups is 2. The van der Waals surface area contributed by atoms with Crippen molar-refractivity contribution in [1.82, 2.24) is 4.90 Å². The fourth-order valence-corrected chi connectivity index (χ4v) is 7.79. The summed E-state index contributed by atoms with van der Waals surface area (Å²) in [7, 11) is 0. The van der Waals surface area contributed by atoms with Crippen molar-refractivity contribution in [3.8, 4) is 5.75 Å². The molecule has 0 spiro atoms. The highest BCUT2D eigenvalue weighted by molar-refractivity contribution is 5.76. The lowest BCUT2D eigenvalue weighted by Crippen LogP contribution is -2.62. The molecular formula is C32H39NO5. The van der Waals surface area contributed by atoms with E-state index in [0.29, 0.717) is 24.8 Å². The van der Waals surface area contributed by atoms with Gasteiger partial charge in [0, 0.05) is 18.0 Å². The van der Waals surface area contributed by atoms with E-state index >= 15 is 0 Å². The minimum absolute atomic E-state index is 0.0332. The Kier molecular flexibility index (Phi) is 6.83. The maximum atomic E-state index is 13.3. The lowest BCUT2D eigenvalue weighted by Gasteiger charge is -2.58. The van der Waals surface area contributed by atoms with E-state index in [4.69, 9.17) is 14.5 Å². The first-order chi connectivity index (χ1) is 18.5. The molecule has 2 saturated carbocycles. The molecule has 3 fully saturated rings. The van der Waals surface area contributed by atoms with Crippen LogP contribution in [0.5, 0.6) is 5.75 Å². The fourth-order valence-electron chi connectivity index (χ4n) is 7.79. The Bertz CT molecular complexity index is 1170. The molecule has 3 aliphatic carbocycles. The van der Waals surface area contributed by atoms with E-state index in [0.717, 1.165) is 56.9 Å². The molecule has 1 amide bonds. The van der Waals surface area contributed by atoms with Crippen LogP contribution < -0.4 is 4.89 Å². The van der Waals surface area contributed by atoms with Gasteiger partial charge in [0.2, 0.25) is 0 Å². The molecule has 0 aromatic heterocycles. The summed E-state index contributed by atoms with van der Waals surface area (Å²) in [6, 6.07) is 16.1. The predicted octanol–water partition coefficient (Wildman–Crippen LogP) is 6.89. The number of likely N-dealkylation sites (tertiary alicyclic amines) is 1. The number of nitrogens with zero attached hydrogens (tertiary/aromatic N) is 1. The number of piperidine rings is 1. The van der Waals surface area contributed by atoms with Gasteiger partial charge in [0.1, 0.15) is 6.61 Å².